The fourth-order valence-corrected chi connectivity index (χ4v) is 1.47. The maximum atomic E-state index is 10.3. The number of hydrogen-bond acceptors (Lipinski definition) is 2. The first-order valence-corrected chi connectivity index (χ1v) is 5.64. The van der Waals surface area contributed by atoms with Crippen LogP contribution in [0.5, 0.6) is 0 Å². The second kappa shape index (κ2) is 5.89. The highest BCUT2D eigenvalue weighted by Crippen LogP contribution is 2.26. The van der Waals surface area contributed by atoms with E-state index in [0.717, 1.165) is 18.4 Å². The molecule has 1 rings (SSSR count). The fourth-order valence-electron chi connectivity index (χ4n) is 1.47. The van der Waals surface area contributed by atoms with E-state index in [0.29, 0.717) is 13.0 Å². The molecule has 0 bridgehead atoms. The lowest BCUT2D eigenvalue weighted by Gasteiger charge is -2.27. The molecule has 2 heteroatoms. The Morgan fingerprint density at radius 1 is 1.20 bits per heavy atom. The average Bonchev–Trinajstić information content (AvgIpc) is 2.30. The zero-order valence-electron chi connectivity index (χ0n) is 9.57. The molecule has 0 spiro atoms. The van der Waals surface area contributed by atoms with Gasteiger partial charge in [-0.25, -0.2) is 0 Å². The molecule has 2 nitrogen and oxygen atoms in total. The Hall–Kier alpha value is -0.860. The molecule has 0 fully saturated rings. The van der Waals surface area contributed by atoms with Gasteiger partial charge in [0.05, 0.1) is 6.61 Å². The second-order valence-electron chi connectivity index (χ2n) is 3.71. The molecule has 0 radical (unpaired) electrons. The molecular formula is C13H20O2. The predicted octanol–water partition coefficient (Wildman–Crippen LogP) is 3.06. The quantitative estimate of drug-likeness (QED) is 0.575. The van der Waals surface area contributed by atoms with Crippen LogP contribution in [0.3, 0.4) is 0 Å². The smallest absolute Gasteiger partial charge is 0.192 e. The Bertz CT molecular complexity index is 271. The average molecular weight is 208 g/mol. The Balaban J connectivity index is 2.67. The van der Waals surface area contributed by atoms with E-state index in [1.54, 1.807) is 0 Å². The maximum absolute atomic E-state index is 10.3. The van der Waals surface area contributed by atoms with E-state index < -0.39 is 5.79 Å². The van der Waals surface area contributed by atoms with Gasteiger partial charge >= 0.3 is 0 Å². The molecule has 0 aliphatic carbocycles. The van der Waals surface area contributed by atoms with E-state index in [9.17, 15) is 5.11 Å². The summed E-state index contributed by atoms with van der Waals surface area (Å²) in [4.78, 5) is 0. The number of unbranched alkanes of at least 4 members (excludes halogenated alkanes) is 1. The number of rotatable bonds is 6. The second-order valence-corrected chi connectivity index (χ2v) is 3.71. The van der Waals surface area contributed by atoms with E-state index in [4.69, 9.17) is 4.74 Å². The van der Waals surface area contributed by atoms with Crippen molar-refractivity contribution in [1.29, 1.82) is 0 Å². The molecule has 1 atom stereocenters. The Morgan fingerprint density at radius 3 is 2.40 bits per heavy atom. The third-order valence-corrected chi connectivity index (χ3v) is 2.54. The first-order valence-electron chi connectivity index (χ1n) is 5.64. The summed E-state index contributed by atoms with van der Waals surface area (Å²) in [7, 11) is 0. The van der Waals surface area contributed by atoms with Crippen molar-refractivity contribution in [3.63, 3.8) is 0 Å². The summed E-state index contributed by atoms with van der Waals surface area (Å²) in [5.41, 5.74) is 0.837. The molecule has 0 aliphatic rings. The predicted molar refractivity (Wildman–Crippen MR) is 61.5 cm³/mol. The van der Waals surface area contributed by atoms with E-state index in [1.807, 2.05) is 37.3 Å². The lowest BCUT2D eigenvalue weighted by Crippen LogP contribution is -2.28. The summed E-state index contributed by atoms with van der Waals surface area (Å²) >= 11 is 0. The molecule has 0 aromatic heterocycles. The van der Waals surface area contributed by atoms with Crippen LogP contribution in [0.4, 0.5) is 0 Å². The highest BCUT2D eigenvalue weighted by Gasteiger charge is 2.27. The van der Waals surface area contributed by atoms with Crippen LogP contribution in [0.15, 0.2) is 30.3 Å². The minimum Gasteiger partial charge on any atom is -0.362 e. The number of hydrogen-bond donors (Lipinski definition) is 1. The zero-order chi connectivity index (χ0) is 11.1. The van der Waals surface area contributed by atoms with E-state index in [2.05, 4.69) is 6.92 Å². The first kappa shape index (κ1) is 12.2. The van der Waals surface area contributed by atoms with Crippen molar-refractivity contribution >= 4 is 0 Å². The van der Waals surface area contributed by atoms with Crippen LogP contribution >= 0.6 is 0 Å². The molecule has 0 saturated carbocycles. The SMILES string of the molecule is CCCCOC(O)(CC)c1ccccc1. The molecule has 0 aliphatic heterocycles. The molecule has 15 heavy (non-hydrogen) atoms. The van der Waals surface area contributed by atoms with Crippen LogP contribution in [0.2, 0.25) is 0 Å². The van der Waals surface area contributed by atoms with Gasteiger partial charge in [0.15, 0.2) is 5.79 Å². The van der Waals surface area contributed by atoms with Crippen LogP contribution in [0.25, 0.3) is 0 Å². The van der Waals surface area contributed by atoms with Crippen molar-refractivity contribution in [3.8, 4) is 0 Å². The van der Waals surface area contributed by atoms with Crippen LogP contribution in [-0.4, -0.2) is 11.7 Å². The van der Waals surface area contributed by atoms with Crippen LogP contribution in [-0.2, 0) is 10.5 Å². The summed E-state index contributed by atoms with van der Waals surface area (Å²) in [6, 6.07) is 9.56. The van der Waals surface area contributed by atoms with Crippen LogP contribution in [0.1, 0.15) is 38.7 Å². The molecule has 1 aromatic rings. The summed E-state index contributed by atoms with van der Waals surface area (Å²) in [6.45, 7) is 4.64. The zero-order valence-corrected chi connectivity index (χ0v) is 9.57. The standard InChI is InChI=1S/C13H20O2/c1-3-5-11-15-13(14,4-2)12-9-7-6-8-10-12/h6-10,14H,3-5,11H2,1-2H3. The van der Waals surface area contributed by atoms with Gasteiger partial charge in [0.25, 0.3) is 0 Å². The molecule has 1 aromatic carbocycles. The molecule has 0 saturated heterocycles. The van der Waals surface area contributed by atoms with Gasteiger partial charge in [-0.3, -0.25) is 0 Å². The van der Waals surface area contributed by atoms with Crippen molar-refractivity contribution in [1.82, 2.24) is 0 Å². The van der Waals surface area contributed by atoms with Crippen molar-refractivity contribution < 1.29 is 9.84 Å². The lowest BCUT2D eigenvalue weighted by molar-refractivity contribution is -0.214. The summed E-state index contributed by atoms with van der Waals surface area (Å²) < 4.78 is 5.56. The van der Waals surface area contributed by atoms with Crippen molar-refractivity contribution in [2.45, 2.75) is 38.9 Å². The minimum absolute atomic E-state index is 0.570. The van der Waals surface area contributed by atoms with Gasteiger partial charge in [0, 0.05) is 12.0 Å². The Labute approximate surface area is 91.9 Å². The summed E-state index contributed by atoms with van der Waals surface area (Å²) in [5, 5.41) is 10.3. The highest BCUT2D eigenvalue weighted by atomic mass is 16.6. The molecule has 0 amide bonds. The molecule has 84 valence electrons. The van der Waals surface area contributed by atoms with E-state index in [1.165, 1.54) is 0 Å². The highest BCUT2D eigenvalue weighted by molar-refractivity contribution is 5.19. The van der Waals surface area contributed by atoms with Crippen LogP contribution in [0, 0.1) is 0 Å². The third kappa shape index (κ3) is 3.33. The van der Waals surface area contributed by atoms with Crippen molar-refractivity contribution in [2.24, 2.45) is 0 Å². The summed E-state index contributed by atoms with van der Waals surface area (Å²) in [6.07, 6.45) is 2.63. The van der Waals surface area contributed by atoms with Crippen LogP contribution < -0.4 is 0 Å². The van der Waals surface area contributed by atoms with Crippen molar-refractivity contribution in [3.05, 3.63) is 35.9 Å². The monoisotopic (exact) mass is 208 g/mol. The topological polar surface area (TPSA) is 29.5 Å². The number of benzene rings is 1. The van der Waals surface area contributed by atoms with Gasteiger partial charge < -0.3 is 9.84 Å². The molecule has 1 unspecified atom stereocenters. The van der Waals surface area contributed by atoms with Gasteiger partial charge in [-0.2, -0.15) is 0 Å². The normalized spacial score (nSPS) is 14.9. The lowest BCUT2D eigenvalue weighted by atomic mass is 10.0. The van der Waals surface area contributed by atoms with Gasteiger partial charge in [-0.05, 0) is 6.42 Å². The Kier molecular flexibility index (Phi) is 4.79. The molecular weight excluding hydrogens is 188 g/mol. The van der Waals surface area contributed by atoms with Gasteiger partial charge in [-0.1, -0.05) is 50.6 Å². The largest absolute Gasteiger partial charge is 0.362 e. The first-order chi connectivity index (χ1) is 7.23. The van der Waals surface area contributed by atoms with Gasteiger partial charge in [-0.15, -0.1) is 0 Å². The third-order valence-electron chi connectivity index (χ3n) is 2.54. The summed E-state index contributed by atoms with van der Waals surface area (Å²) in [5.74, 6) is -1.11. The van der Waals surface area contributed by atoms with E-state index >= 15 is 0 Å². The molecule has 0 heterocycles. The Morgan fingerprint density at radius 2 is 1.87 bits per heavy atom. The van der Waals surface area contributed by atoms with E-state index in [-0.39, 0.29) is 0 Å². The van der Waals surface area contributed by atoms with Gasteiger partial charge in [0.1, 0.15) is 0 Å². The van der Waals surface area contributed by atoms with Gasteiger partial charge in [0.2, 0.25) is 0 Å². The number of aliphatic hydroxyl groups is 1. The maximum Gasteiger partial charge on any atom is 0.192 e. The minimum atomic E-state index is -1.11. The number of ether oxygens (including phenoxy) is 1. The molecule has 1 N–H and O–H groups in total. The fraction of sp³-hybridized carbons (Fsp3) is 0.538. The van der Waals surface area contributed by atoms with Crippen molar-refractivity contribution in [2.75, 3.05) is 6.61 Å².